The van der Waals surface area contributed by atoms with Crippen molar-refractivity contribution in [3.05, 3.63) is 70.9 Å². The van der Waals surface area contributed by atoms with Gasteiger partial charge >= 0.3 is 0 Å². The summed E-state index contributed by atoms with van der Waals surface area (Å²) in [6.45, 7) is 1.72. The molecule has 1 aliphatic heterocycles. The third-order valence-corrected chi connectivity index (χ3v) is 5.67. The van der Waals surface area contributed by atoms with Crippen LogP contribution in [0.5, 0.6) is 0 Å². The maximum absolute atomic E-state index is 12.5. The van der Waals surface area contributed by atoms with Crippen molar-refractivity contribution in [2.24, 2.45) is 5.92 Å². The van der Waals surface area contributed by atoms with E-state index in [2.05, 4.69) is 35.4 Å². The van der Waals surface area contributed by atoms with Gasteiger partial charge in [-0.1, -0.05) is 41.9 Å². The van der Waals surface area contributed by atoms with Gasteiger partial charge in [-0.15, -0.1) is 0 Å². The van der Waals surface area contributed by atoms with E-state index in [0.29, 0.717) is 17.4 Å². The molecule has 1 aromatic heterocycles. The Balaban J connectivity index is 1.32. The van der Waals surface area contributed by atoms with Crippen LogP contribution in [0.1, 0.15) is 24.0 Å². The summed E-state index contributed by atoms with van der Waals surface area (Å²) in [6.07, 6.45) is 5.84. The first-order chi connectivity index (χ1) is 12.7. The number of H-pyrrole nitrogens is 1. The highest BCUT2D eigenvalue weighted by Gasteiger charge is 2.23. The number of hydrogen-bond donors (Lipinski definition) is 1. The van der Waals surface area contributed by atoms with Crippen molar-refractivity contribution in [1.82, 2.24) is 9.88 Å². The van der Waals surface area contributed by atoms with Gasteiger partial charge in [0.05, 0.1) is 6.42 Å². The molecule has 0 atom stereocenters. The van der Waals surface area contributed by atoms with Gasteiger partial charge in [0, 0.05) is 35.2 Å². The predicted octanol–water partition coefficient (Wildman–Crippen LogP) is 4.85. The van der Waals surface area contributed by atoms with Gasteiger partial charge in [0.15, 0.2) is 0 Å². The van der Waals surface area contributed by atoms with Gasteiger partial charge in [-0.3, -0.25) is 4.79 Å². The van der Waals surface area contributed by atoms with Crippen molar-refractivity contribution in [2.45, 2.75) is 25.7 Å². The molecule has 0 saturated carbocycles. The predicted molar refractivity (Wildman–Crippen MR) is 106 cm³/mol. The Morgan fingerprint density at radius 3 is 2.58 bits per heavy atom. The summed E-state index contributed by atoms with van der Waals surface area (Å²) in [5.41, 5.74) is 3.63. The number of piperidine rings is 1. The number of nitrogens with one attached hydrogen (secondary N) is 1. The van der Waals surface area contributed by atoms with Crippen LogP contribution in [-0.2, 0) is 17.6 Å². The lowest BCUT2D eigenvalue weighted by Gasteiger charge is -2.32. The summed E-state index contributed by atoms with van der Waals surface area (Å²) in [5.74, 6) is 0.867. The molecule has 0 bridgehead atoms. The number of rotatable bonds is 4. The Labute approximate surface area is 159 Å². The van der Waals surface area contributed by atoms with Crippen LogP contribution in [0.15, 0.2) is 54.7 Å². The fourth-order valence-corrected chi connectivity index (χ4v) is 4.01. The van der Waals surface area contributed by atoms with E-state index in [4.69, 9.17) is 11.6 Å². The molecule has 26 heavy (non-hydrogen) atoms. The molecule has 1 N–H and O–H groups in total. The second-order valence-corrected chi connectivity index (χ2v) is 7.63. The fourth-order valence-electron chi connectivity index (χ4n) is 3.89. The van der Waals surface area contributed by atoms with Gasteiger partial charge in [0.2, 0.25) is 5.91 Å². The number of aromatic amines is 1. The molecule has 4 rings (SSSR count). The Hall–Kier alpha value is -2.26. The highest BCUT2D eigenvalue weighted by molar-refractivity contribution is 6.30. The topological polar surface area (TPSA) is 36.1 Å². The minimum atomic E-state index is 0.220. The third-order valence-electron chi connectivity index (χ3n) is 5.42. The molecule has 0 spiro atoms. The van der Waals surface area contributed by atoms with Gasteiger partial charge in [-0.25, -0.2) is 0 Å². The molecule has 4 heteroatoms. The van der Waals surface area contributed by atoms with Crippen LogP contribution in [0.4, 0.5) is 0 Å². The Morgan fingerprint density at radius 2 is 1.81 bits per heavy atom. The molecule has 134 valence electrons. The number of fused-ring (bicyclic) bond motifs is 1. The SMILES string of the molecule is O=C(Cc1ccc(Cl)cc1)N1CCC(Cc2c[nH]c3ccccc23)CC1. The van der Waals surface area contributed by atoms with E-state index in [1.54, 1.807) is 0 Å². The molecule has 0 unspecified atom stereocenters. The normalized spacial score (nSPS) is 15.5. The van der Waals surface area contributed by atoms with E-state index in [1.165, 1.54) is 16.5 Å². The summed E-state index contributed by atoms with van der Waals surface area (Å²) < 4.78 is 0. The van der Waals surface area contributed by atoms with Gasteiger partial charge in [-0.05, 0) is 54.5 Å². The van der Waals surface area contributed by atoms with Crippen LogP contribution in [-0.4, -0.2) is 28.9 Å². The van der Waals surface area contributed by atoms with Crippen molar-refractivity contribution in [2.75, 3.05) is 13.1 Å². The maximum atomic E-state index is 12.5. The summed E-state index contributed by atoms with van der Waals surface area (Å²) >= 11 is 5.91. The first-order valence-corrected chi connectivity index (χ1v) is 9.64. The molecule has 2 heterocycles. The summed E-state index contributed by atoms with van der Waals surface area (Å²) in [5, 5.41) is 2.04. The van der Waals surface area contributed by atoms with E-state index in [9.17, 15) is 4.79 Å². The van der Waals surface area contributed by atoms with E-state index < -0.39 is 0 Å². The number of amides is 1. The van der Waals surface area contributed by atoms with Crippen molar-refractivity contribution in [3.63, 3.8) is 0 Å². The number of carbonyl (C=O) groups excluding carboxylic acids is 1. The summed E-state index contributed by atoms with van der Waals surface area (Å²) in [7, 11) is 0. The van der Waals surface area contributed by atoms with Gasteiger partial charge in [0.1, 0.15) is 0 Å². The number of carbonyl (C=O) groups is 1. The second-order valence-electron chi connectivity index (χ2n) is 7.19. The molecule has 3 aromatic rings. The van der Waals surface area contributed by atoms with Gasteiger partial charge < -0.3 is 9.88 Å². The number of para-hydroxylation sites is 1. The number of hydrogen-bond acceptors (Lipinski definition) is 1. The Kier molecular flexibility index (Phi) is 4.98. The smallest absolute Gasteiger partial charge is 0.226 e. The molecule has 1 amide bonds. The number of halogens is 1. The van der Waals surface area contributed by atoms with E-state index in [0.717, 1.165) is 37.9 Å². The average Bonchev–Trinajstić information content (AvgIpc) is 3.07. The number of aromatic nitrogens is 1. The van der Waals surface area contributed by atoms with Crippen molar-refractivity contribution in [1.29, 1.82) is 0 Å². The van der Waals surface area contributed by atoms with Gasteiger partial charge in [0.25, 0.3) is 0 Å². The molecule has 1 fully saturated rings. The monoisotopic (exact) mass is 366 g/mol. The second kappa shape index (κ2) is 7.55. The highest BCUT2D eigenvalue weighted by atomic mass is 35.5. The zero-order chi connectivity index (χ0) is 17.9. The molecule has 0 radical (unpaired) electrons. The zero-order valence-electron chi connectivity index (χ0n) is 14.7. The lowest BCUT2D eigenvalue weighted by atomic mass is 9.90. The number of benzene rings is 2. The molecule has 1 saturated heterocycles. The lowest BCUT2D eigenvalue weighted by Crippen LogP contribution is -2.39. The molecule has 3 nitrogen and oxygen atoms in total. The minimum Gasteiger partial charge on any atom is -0.361 e. The Morgan fingerprint density at radius 1 is 1.08 bits per heavy atom. The molecule has 0 aliphatic carbocycles. The Bertz CT molecular complexity index is 892. The average molecular weight is 367 g/mol. The molecular weight excluding hydrogens is 344 g/mol. The maximum Gasteiger partial charge on any atom is 0.226 e. The molecule has 1 aliphatic rings. The van der Waals surface area contributed by atoms with Crippen LogP contribution < -0.4 is 0 Å². The van der Waals surface area contributed by atoms with Crippen molar-refractivity contribution >= 4 is 28.4 Å². The van der Waals surface area contributed by atoms with E-state index in [1.807, 2.05) is 29.2 Å². The minimum absolute atomic E-state index is 0.220. The molecule has 2 aromatic carbocycles. The largest absolute Gasteiger partial charge is 0.361 e. The van der Waals surface area contributed by atoms with Crippen LogP contribution in [0.2, 0.25) is 5.02 Å². The van der Waals surface area contributed by atoms with Crippen LogP contribution in [0.25, 0.3) is 10.9 Å². The van der Waals surface area contributed by atoms with E-state index >= 15 is 0 Å². The van der Waals surface area contributed by atoms with Crippen molar-refractivity contribution < 1.29 is 4.79 Å². The fraction of sp³-hybridized carbons (Fsp3) is 0.318. The van der Waals surface area contributed by atoms with Crippen molar-refractivity contribution in [3.8, 4) is 0 Å². The zero-order valence-corrected chi connectivity index (χ0v) is 15.5. The summed E-state index contributed by atoms with van der Waals surface area (Å²) in [6, 6.07) is 16.0. The van der Waals surface area contributed by atoms with Crippen LogP contribution in [0.3, 0.4) is 0 Å². The first-order valence-electron chi connectivity index (χ1n) is 9.26. The van der Waals surface area contributed by atoms with Crippen LogP contribution >= 0.6 is 11.6 Å². The lowest BCUT2D eigenvalue weighted by molar-refractivity contribution is -0.131. The van der Waals surface area contributed by atoms with Crippen LogP contribution in [0, 0.1) is 5.92 Å². The quantitative estimate of drug-likeness (QED) is 0.704. The van der Waals surface area contributed by atoms with Gasteiger partial charge in [-0.2, -0.15) is 0 Å². The van der Waals surface area contributed by atoms with E-state index in [-0.39, 0.29) is 5.91 Å². The number of likely N-dealkylation sites (tertiary alicyclic amines) is 1. The standard InChI is InChI=1S/C22H23ClN2O/c23-19-7-5-16(6-8-19)14-22(26)25-11-9-17(10-12-25)13-18-15-24-21-4-2-1-3-20(18)21/h1-8,15,17,24H,9-14H2. The summed E-state index contributed by atoms with van der Waals surface area (Å²) in [4.78, 5) is 17.9. The first kappa shape index (κ1) is 17.2. The third kappa shape index (κ3) is 3.78. The highest BCUT2D eigenvalue weighted by Crippen LogP contribution is 2.26. The molecular formula is C22H23ClN2O. The number of nitrogens with zero attached hydrogens (tertiary/aromatic N) is 1.